The van der Waals surface area contributed by atoms with Crippen LogP contribution in [0.5, 0.6) is 5.75 Å². The molecule has 1 amide bonds. The molecule has 3 rings (SSSR count). The van der Waals surface area contributed by atoms with Crippen LogP contribution >= 0.6 is 0 Å². The summed E-state index contributed by atoms with van der Waals surface area (Å²) in [5, 5.41) is 2.62. The Morgan fingerprint density at radius 1 is 1.36 bits per heavy atom. The van der Waals surface area contributed by atoms with E-state index in [1.807, 2.05) is 6.07 Å². The first-order valence-electron chi connectivity index (χ1n) is 7.97. The second-order valence-corrected chi connectivity index (χ2v) is 5.71. The van der Waals surface area contributed by atoms with E-state index >= 15 is 0 Å². The third-order valence-electron chi connectivity index (χ3n) is 3.97. The van der Waals surface area contributed by atoms with Gasteiger partial charge in [0.1, 0.15) is 11.6 Å². The summed E-state index contributed by atoms with van der Waals surface area (Å²) in [5.41, 5.74) is 0.809. The van der Waals surface area contributed by atoms with Gasteiger partial charge < -0.3 is 14.8 Å². The predicted molar refractivity (Wildman–Crippen MR) is 87.9 cm³/mol. The maximum Gasteiger partial charge on any atom is 0.267 e. The number of para-hydroxylation sites is 1. The van der Waals surface area contributed by atoms with E-state index in [0.29, 0.717) is 18.3 Å². The molecule has 1 aliphatic heterocycles. The second kappa shape index (κ2) is 8.02. The molecule has 0 spiro atoms. The first-order chi connectivity index (χ1) is 12.1. The standard InChI is InChI=1S/C18H18F2N2O3/c19-18(20)14-3-1-2-4-15(14)25-11-17(23)22-16-9-12(5-7-21-16)13-6-8-24-10-13/h1-5,7,9,13,18H,6,8,10-11H2,(H,21,22,23). The zero-order valence-electron chi connectivity index (χ0n) is 13.5. The van der Waals surface area contributed by atoms with Gasteiger partial charge in [0.2, 0.25) is 0 Å². The summed E-state index contributed by atoms with van der Waals surface area (Å²) in [6, 6.07) is 9.44. The minimum absolute atomic E-state index is 0.00235. The van der Waals surface area contributed by atoms with Crippen molar-refractivity contribution in [1.29, 1.82) is 0 Å². The van der Waals surface area contributed by atoms with Crippen molar-refractivity contribution in [3.8, 4) is 5.75 Å². The van der Waals surface area contributed by atoms with Crippen LogP contribution < -0.4 is 10.1 Å². The van der Waals surface area contributed by atoms with E-state index in [0.717, 1.165) is 18.6 Å². The quantitative estimate of drug-likeness (QED) is 0.867. The lowest BCUT2D eigenvalue weighted by molar-refractivity contribution is -0.118. The molecule has 2 heterocycles. The fraction of sp³-hybridized carbons (Fsp3) is 0.333. The van der Waals surface area contributed by atoms with Crippen molar-refractivity contribution in [3.05, 3.63) is 53.7 Å². The van der Waals surface area contributed by atoms with Crippen LogP contribution in [0.25, 0.3) is 0 Å². The van der Waals surface area contributed by atoms with E-state index in [2.05, 4.69) is 10.3 Å². The Hall–Kier alpha value is -2.54. The lowest BCUT2D eigenvalue weighted by atomic mass is 10.00. The van der Waals surface area contributed by atoms with Crippen LogP contribution in [0.3, 0.4) is 0 Å². The first-order valence-corrected chi connectivity index (χ1v) is 7.97. The Morgan fingerprint density at radius 3 is 2.96 bits per heavy atom. The van der Waals surface area contributed by atoms with Gasteiger partial charge in [-0.3, -0.25) is 4.79 Å². The monoisotopic (exact) mass is 348 g/mol. The number of benzene rings is 1. The van der Waals surface area contributed by atoms with Gasteiger partial charge in [-0.2, -0.15) is 0 Å². The molecule has 2 aromatic rings. The summed E-state index contributed by atoms with van der Waals surface area (Å²) in [7, 11) is 0. The zero-order valence-corrected chi connectivity index (χ0v) is 13.5. The molecule has 7 heteroatoms. The fourth-order valence-electron chi connectivity index (χ4n) is 2.68. The number of rotatable bonds is 6. The third kappa shape index (κ3) is 4.51. The largest absolute Gasteiger partial charge is 0.483 e. The average Bonchev–Trinajstić information content (AvgIpc) is 3.15. The smallest absolute Gasteiger partial charge is 0.267 e. The molecule has 1 aliphatic rings. The molecule has 132 valence electrons. The maximum atomic E-state index is 12.9. The molecule has 1 aromatic heterocycles. The van der Waals surface area contributed by atoms with Crippen molar-refractivity contribution in [3.63, 3.8) is 0 Å². The molecule has 1 fully saturated rings. The number of anilines is 1. The van der Waals surface area contributed by atoms with Crippen molar-refractivity contribution in [1.82, 2.24) is 4.98 Å². The minimum atomic E-state index is -2.66. The average molecular weight is 348 g/mol. The highest BCUT2D eigenvalue weighted by molar-refractivity contribution is 5.91. The molecule has 0 saturated carbocycles. The van der Waals surface area contributed by atoms with Gasteiger partial charge in [0, 0.05) is 18.7 Å². The third-order valence-corrected chi connectivity index (χ3v) is 3.97. The van der Waals surface area contributed by atoms with Gasteiger partial charge in [-0.25, -0.2) is 13.8 Å². The topological polar surface area (TPSA) is 60.5 Å². The first kappa shape index (κ1) is 17.3. The van der Waals surface area contributed by atoms with E-state index in [4.69, 9.17) is 9.47 Å². The Labute approximate surface area is 144 Å². The molecule has 1 N–H and O–H groups in total. The number of nitrogens with one attached hydrogen (secondary N) is 1. The lowest BCUT2D eigenvalue weighted by Gasteiger charge is -2.12. The van der Waals surface area contributed by atoms with Crippen LogP contribution in [0.15, 0.2) is 42.6 Å². The van der Waals surface area contributed by atoms with Gasteiger partial charge in [0.25, 0.3) is 12.3 Å². The molecule has 1 atom stereocenters. The molecule has 1 saturated heterocycles. The van der Waals surface area contributed by atoms with Gasteiger partial charge >= 0.3 is 0 Å². The molecular weight excluding hydrogens is 330 g/mol. The van der Waals surface area contributed by atoms with Crippen molar-refractivity contribution < 1.29 is 23.0 Å². The highest BCUT2D eigenvalue weighted by Gasteiger charge is 2.19. The van der Waals surface area contributed by atoms with Crippen LogP contribution in [-0.2, 0) is 9.53 Å². The van der Waals surface area contributed by atoms with Gasteiger partial charge in [0.05, 0.1) is 12.2 Å². The SMILES string of the molecule is O=C(COc1ccccc1C(F)F)Nc1cc(C2CCOC2)ccn1. The Bertz CT molecular complexity index is 734. The summed E-state index contributed by atoms with van der Waals surface area (Å²) in [6.45, 7) is 1.01. The Balaban J connectivity index is 1.59. The van der Waals surface area contributed by atoms with E-state index in [9.17, 15) is 13.6 Å². The number of halogens is 2. The number of alkyl halides is 2. The number of amides is 1. The summed E-state index contributed by atoms with van der Waals surface area (Å²) in [6.07, 6.45) is -0.104. The number of pyridine rings is 1. The van der Waals surface area contributed by atoms with Crippen LogP contribution in [0.1, 0.15) is 29.9 Å². The number of carbonyl (C=O) groups is 1. The Kier molecular flexibility index (Phi) is 5.55. The molecule has 0 aliphatic carbocycles. The summed E-state index contributed by atoms with van der Waals surface area (Å²) in [5.74, 6) is 0.238. The molecule has 0 radical (unpaired) electrons. The number of hydrogen-bond acceptors (Lipinski definition) is 4. The molecule has 25 heavy (non-hydrogen) atoms. The van der Waals surface area contributed by atoms with E-state index in [1.54, 1.807) is 18.3 Å². The lowest BCUT2D eigenvalue weighted by Crippen LogP contribution is -2.21. The number of ether oxygens (including phenoxy) is 2. The highest BCUT2D eigenvalue weighted by Crippen LogP contribution is 2.28. The predicted octanol–water partition coefficient (Wildman–Crippen LogP) is 3.54. The molecule has 5 nitrogen and oxygen atoms in total. The van der Waals surface area contributed by atoms with Gasteiger partial charge in [-0.1, -0.05) is 12.1 Å². The number of nitrogens with zero attached hydrogens (tertiary/aromatic N) is 1. The van der Waals surface area contributed by atoms with Crippen LogP contribution in [0.4, 0.5) is 14.6 Å². The molecule has 1 unspecified atom stereocenters. The van der Waals surface area contributed by atoms with Gasteiger partial charge in [0.15, 0.2) is 6.61 Å². The Morgan fingerprint density at radius 2 is 2.20 bits per heavy atom. The summed E-state index contributed by atoms with van der Waals surface area (Å²) >= 11 is 0. The van der Waals surface area contributed by atoms with Crippen molar-refractivity contribution in [2.24, 2.45) is 0 Å². The summed E-state index contributed by atoms with van der Waals surface area (Å²) < 4.78 is 36.4. The van der Waals surface area contributed by atoms with Crippen LogP contribution in [-0.4, -0.2) is 30.7 Å². The van der Waals surface area contributed by atoms with Crippen molar-refractivity contribution in [2.45, 2.75) is 18.8 Å². The normalized spacial score (nSPS) is 16.8. The van der Waals surface area contributed by atoms with Crippen molar-refractivity contribution >= 4 is 11.7 Å². The van der Waals surface area contributed by atoms with Gasteiger partial charge in [-0.05, 0) is 36.2 Å². The van der Waals surface area contributed by atoms with E-state index < -0.39 is 12.3 Å². The van der Waals surface area contributed by atoms with Crippen LogP contribution in [0.2, 0.25) is 0 Å². The van der Waals surface area contributed by atoms with E-state index in [1.165, 1.54) is 18.2 Å². The number of aromatic nitrogens is 1. The second-order valence-electron chi connectivity index (χ2n) is 5.71. The number of carbonyl (C=O) groups excluding carboxylic acids is 1. The van der Waals surface area contributed by atoms with Crippen LogP contribution in [0, 0.1) is 0 Å². The van der Waals surface area contributed by atoms with E-state index in [-0.39, 0.29) is 17.9 Å². The molecule has 0 bridgehead atoms. The van der Waals surface area contributed by atoms with Crippen molar-refractivity contribution in [2.75, 3.05) is 25.1 Å². The highest BCUT2D eigenvalue weighted by atomic mass is 19.3. The fourth-order valence-corrected chi connectivity index (χ4v) is 2.68. The summed E-state index contributed by atoms with van der Waals surface area (Å²) in [4.78, 5) is 16.1. The maximum absolute atomic E-state index is 12.9. The molecule has 1 aromatic carbocycles. The van der Waals surface area contributed by atoms with Gasteiger partial charge in [-0.15, -0.1) is 0 Å². The number of hydrogen-bond donors (Lipinski definition) is 1. The molecular formula is C18H18F2N2O3. The minimum Gasteiger partial charge on any atom is -0.483 e. The zero-order chi connectivity index (χ0) is 17.6.